The van der Waals surface area contributed by atoms with Gasteiger partial charge in [-0.05, 0) is 53.3 Å². The summed E-state index contributed by atoms with van der Waals surface area (Å²) in [5.74, 6) is 0.940. The minimum atomic E-state index is 0.0263. The van der Waals surface area contributed by atoms with Crippen molar-refractivity contribution in [1.82, 2.24) is 5.01 Å². The van der Waals surface area contributed by atoms with E-state index >= 15 is 0 Å². The number of fused-ring (bicyclic) bond motifs is 1. The van der Waals surface area contributed by atoms with E-state index in [-0.39, 0.29) is 11.9 Å². The van der Waals surface area contributed by atoms with Gasteiger partial charge in [-0.15, -0.1) is 22.7 Å². The van der Waals surface area contributed by atoms with Crippen molar-refractivity contribution in [3.8, 4) is 0 Å². The quantitative estimate of drug-likeness (QED) is 0.728. The Morgan fingerprint density at radius 3 is 2.75 bits per heavy atom. The third-order valence-electron chi connectivity index (χ3n) is 4.78. The molecule has 0 aromatic carbocycles. The third-order valence-corrected chi connectivity index (χ3v) is 6.54. The van der Waals surface area contributed by atoms with Crippen molar-refractivity contribution >= 4 is 40.4 Å². The van der Waals surface area contributed by atoms with E-state index in [0.717, 1.165) is 18.6 Å². The molecule has 5 heteroatoms. The Bertz CT molecular complexity index is 789. The lowest BCUT2D eigenvalue weighted by Crippen LogP contribution is -2.31. The van der Waals surface area contributed by atoms with Gasteiger partial charge in [-0.3, -0.25) is 4.79 Å². The van der Waals surface area contributed by atoms with Crippen molar-refractivity contribution in [2.45, 2.75) is 32.7 Å². The highest BCUT2D eigenvalue weighted by Gasteiger charge is 2.44. The predicted molar refractivity (Wildman–Crippen MR) is 101 cm³/mol. The van der Waals surface area contributed by atoms with Crippen LogP contribution < -0.4 is 0 Å². The molecule has 0 radical (unpaired) electrons. The van der Waals surface area contributed by atoms with E-state index in [9.17, 15) is 4.79 Å². The van der Waals surface area contributed by atoms with Crippen LogP contribution in [0.25, 0.3) is 6.08 Å². The molecule has 1 aliphatic carbocycles. The van der Waals surface area contributed by atoms with Crippen LogP contribution in [0.5, 0.6) is 0 Å². The van der Waals surface area contributed by atoms with Crippen LogP contribution in [0, 0.1) is 11.8 Å². The van der Waals surface area contributed by atoms with Crippen LogP contribution in [-0.4, -0.2) is 16.6 Å². The van der Waals surface area contributed by atoms with E-state index in [1.165, 1.54) is 15.3 Å². The van der Waals surface area contributed by atoms with Gasteiger partial charge in [-0.2, -0.15) is 5.10 Å². The predicted octanol–water partition coefficient (Wildman–Crippen LogP) is 5.20. The number of carbonyl (C=O) groups is 1. The fourth-order valence-corrected chi connectivity index (χ4v) is 5.39. The summed E-state index contributed by atoms with van der Waals surface area (Å²) in [7, 11) is 0. The summed E-state index contributed by atoms with van der Waals surface area (Å²) in [5.41, 5.74) is 2.42. The van der Waals surface area contributed by atoms with Crippen molar-refractivity contribution in [3.05, 3.63) is 50.4 Å². The highest BCUT2D eigenvalue weighted by Crippen LogP contribution is 2.47. The molecule has 0 unspecified atom stereocenters. The lowest BCUT2D eigenvalue weighted by molar-refractivity contribution is -0.131. The summed E-state index contributed by atoms with van der Waals surface area (Å²) in [6.45, 7) is 3.93. The number of nitrogens with zero attached hydrogens (tertiary/aromatic N) is 2. The van der Waals surface area contributed by atoms with Crippen LogP contribution in [-0.2, 0) is 4.79 Å². The minimum Gasteiger partial charge on any atom is -0.273 e. The third kappa shape index (κ3) is 2.76. The standard InChI is InChI=1S/C19H20N2OS2/c1-12-9-14(11-15-5-3-7-23-15)18-16(10-12)19(17-6-4-8-24-17)21(20-18)13(2)22/h3-8,11-12,16,19H,9-10H2,1-2H3/b14-11+/t12-,16-,19-/m0/s1. The molecule has 24 heavy (non-hydrogen) atoms. The largest absolute Gasteiger partial charge is 0.273 e. The number of hydrogen-bond donors (Lipinski definition) is 0. The maximum Gasteiger partial charge on any atom is 0.240 e. The molecule has 2 aromatic rings. The van der Waals surface area contributed by atoms with E-state index in [2.05, 4.69) is 48.0 Å². The number of allylic oxidation sites excluding steroid dienone is 1. The van der Waals surface area contributed by atoms with Gasteiger partial charge in [-0.1, -0.05) is 19.1 Å². The van der Waals surface area contributed by atoms with Crippen LogP contribution in [0.3, 0.4) is 0 Å². The Morgan fingerprint density at radius 1 is 1.29 bits per heavy atom. The molecule has 1 saturated carbocycles. The van der Waals surface area contributed by atoms with Gasteiger partial charge in [0.2, 0.25) is 5.91 Å². The molecule has 1 aliphatic heterocycles. The summed E-state index contributed by atoms with van der Waals surface area (Å²) in [4.78, 5) is 14.7. The molecule has 1 fully saturated rings. The molecule has 124 valence electrons. The number of thiophene rings is 2. The second-order valence-electron chi connectivity index (χ2n) is 6.65. The number of rotatable bonds is 2. The smallest absolute Gasteiger partial charge is 0.240 e. The maximum absolute atomic E-state index is 12.2. The van der Waals surface area contributed by atoms with Gasteiger partial charge in [-0.25, -0.2) is 5.01 Å². The van der Waals surface area contributed by atoms with Crippen LogP contribution >= 0.6 is 22.7 Å². The van der Waals surface area contributed by atoms with Crippen molar-refractivity contribution in [2.75, 3.05) is 0 Å². The topological polar surface area (TPSA) is 32.7 Å². The fourth-order valence-electron chi connectivity index (χ4n) is 3.83. The van der Waals surface area contributed by atoms with Crippen LogP contribution in [0.15, 0.2) is 45.7 Å². The highest BCUT2D eigenvalue weighted by atomic mass is 32.1. The monoisotopic (exact) mass is 356 g/mol. The van der Waals surface area contributed by atoms with Gasteiger partial charge < -0.3 is 0 Å². The second-order valence-corrected chi connectivity index (χ2v) is 8.60. The summed E-state index contributed by atoms with van der Waals surface area (Å²) < 4.78 is 0. The Balaban J connectivity index is 1.77. The molecule has 0 saturated heterocycles. The van der Waals surface area contributed by atoms with Crippen LogP contribution in [0.1, 0.15) is 42.5 Å². The Hall–Kier alpha value is -1.72. The second kappa shape index (κ2) is 6.30. The average Bonchev–Trinajstić information content (AvgIpc) is 3.26. The molecule has 3 atom stereocenters. The Labute approximate surface area is 150 Å². The van der Waals surface area contributed by atoms with Crippen LogP contribution in [0.4, 0.5) is 0 Å². The molecule has 0 bridgehead atoms. The molecule has 0 N–H and O–H groups in total. The Morgan fingerprint density at radius 2 is 2.08 bits per heavy atom. The highest BCUT2D eigenvalue weighted by molar-refractivity contribution is 7.11. The number of amides is 1. The van der Waals surface area contributed by atoms with Gasteiger partial charge >= 0.3 is 0 Å². The summed E-state index contributed by atoms with van der Waals surface area (Å²) in [5, 5.41) is 10.7. The first-order chi connectivity index (χ1) is 11.6. The van der Waals surface area contributed by atoms with Gasteiger partial charge in [0.05, 0.1) is 11.8 Å². The normalized spacial score (nSPS) is 28.1. The van der Waals surface area contributed by atoms with Crippen molar-refractivity contribution in [3.63, 3.8) is 0 Å². The zero-order valence-electron chi connectivity index (χ0n) is 13.8. The summed E-state index contributed by atoms with van der Waals surface area (Å²) >= 11 is 3.47. The fraction of sp³-hybridized carbons (Fsp3) is 0.368. The van der Waals surface area contributed by atoms with Crippen molar-refractivity contribution in [1.29, 1.82) is 0 Å². The van der Waals surface area contributed by atoms with Gasteiger partial charge in [0.1, 0.15) is 0 Å². The van der Waals surface area contributed by atoms with E-state index in [1.54, 1.807) is 34.6 Å². The van der Waals surface area contributed by atoms with E-state index in [1.807, 2.05) is 0 Å². The Kier molecular flexibility index (Phi) is 4.14. The number of hydrogen-bond acceptors (Lipinski definition) is 4. The van der Waals surface area contributed by atoms with E-state index < -0.39 is 0 Å². The summed E-state index contributed by atoms with van der Waals surface area (Å²) in [6.07, 6.45) is 4.39. The number of carbonyl (C=O) groups excluding carboxylic acids is 1. The van der Waals surface area contributed by atoms with Crippen molar-refractivity contribution in [2.24, 2.45) is 16.9 Å². The van der Waals surface area contributed by atoms with Gasteiger partial charge in [0.15, 0.2) is 0 Å². The van der Waals surface area contributed by atoms with Crippen LogP contribution in [0.2, 0.25) is 0 Å². The van der Waals surface area contributed by atoms with E-state index in [0.29, 0.717) is 11.8 Å². The van der Waals surface area contributed by atoms with E-state index in [4.69, 9.17) is 5.10 Å². The molecule has 1 amide bonds. The van der Waals surface area contributed by atoms with Crippen molar-refractivity contribution < 1.29 is 4.79 Å². The summed E-state index contributed by atoms with van der Waals surface area (Å²) in [6, 6.07) is 8.47. The molecular formula is C19H20N2OS2. The maximum atomic E-state index is 12.2. The minimum absolute atomic E-state index is 0.0263. The first-order valence-corrected chi connectivity index (χ1v) is 10.1. The molecule has 2 aromatic heterocycles. The zero-order chi connectivity index (χ0) is 16.7. The average molecular weight is 357 g/mol. The van der Waals surface area contributed by atoms with Gasteiger partial charge in [0, 0.05) is 22.6 Å². The lowest BCUT2D eigenvalue weighted by Gasteiger charge is -2.31. The lowest BCUT2D eigenvalue weighted by atomic mass is 9.74. The first kappa shape index (κ1) is 15.8. The molecule has 2 aliphatic rings. The molecular weight excluding hydrogens is 336 g/mol. The zero-order valence-corrected chi connectivity index (χ0v) is 15.4. The molecule has 3 heterocycles. The molecule has 4 rings (SSSR count). The number of hydrazone groups is 1. The molecule has 0 spiro atoms. The SMILES string of the molecule is CC(=O)N1N=C2/C(=C/c3cccs3)C[C@H](C)C[C@@H]2[C@H]1c1cccs1. The first-order valence-electron chi connectivity index (χ1n) is 8.29. The molecule has 3 nitrogen and oxygen atoms in total. The van der Waals surface area contributed by atoms with Gasteiger partial charge in [0.25, 0.3) is 0 Å².